The maximum atomic E-state index is 13.3. The molecule has 1 unspecified atom stereocenters. The topological polar surface area (TPSA) is 57.7 Å². The second-order valence-corrected chi connectivity index (χ2v) is 9.08. The van der Waals surface area contributed by atoms with Crippen LogP contribution >= 0.6 is 0 Å². The summed E-state index contributed by atoms with van der Waals surface area (Å²) < 4.78 is 26.4. The van der Waals surface area contributed by atoms with Crippen molar-refractivity contribution >= 4 is 27.3 Å². The van der Waals surface area contributed by atoms with Crippen LogP contribution in [0.2, 0.25) is 0 Å². The molecule has 0 spiro atoms. The minimum atomic E-state index is -3.62. The fraction of sp³-hybridized carbons (Fsp3) is 0.381. The molecular formula is C21H26N2O3S. The molecule has 1 aliphatic heterocycles. The Bertz CT molecular complexity index is 969. The van der Waals surface area contributed by atoms with Crippen LogP contribution in [0.1, 0.15) is 30.0 Å². The lowest BCUT2D eigenvalue weighted by atomic mass is 10.0. The fourth-order valence-electron chi connectivity index (χ4n) is 3.65. The number of sulfonamides is 1. The van der Waals surface area contributed by atoms with Gasteiger partial charge in [-0.3, -0.25) is 9.10 Å². The van der Waals surface area contributed by atoms with Gasteiger partial charge in [-0.25, -0.2) is 8.42 Å². The minimum Gasteiger partial charge on any atom is -0.310 e. The molecule has 1 heterocycles. The molecule has 2 aromatic carbocycles. The third kappa shape index (κ3) is 3.86. The number of anilines is 2. The van der Waals surface area contributed by atoms with Crippen LogP contribution in [-0.2, 0) is 21.2 Å². The van der Waals surface area contributed by atoms with Crippen LogP contribution in [0.5, 0.6) is 0 Å². The molecule has 0 saturated carbocycles. The van der Waals surface area contributed by atoms with E-state index in [1.807, 2.05) is 50.2 Å². The van der Waals surface area contributed by atoms with Crippen molar-refractivity contribution in [2.45, 2.75) is 39.7 Å². The number of carbonyl (C=O) groups excluding carboxylic acids is 1. The molecule has 0 N–H and O–H groups in total. The molecule has 1 aliphatic rings. The summed E-state index contributed by atoms with van der Waals surface area (Å²) in [5, 5.41) is 0. The quantitative estimate of drug-likeness (QED) is 0.809. The number of rotatable bonds is 4. The van der Waals surface area contributed by atoms with Gasteiger partial charge in [-0.05, 0) is 68.5 Å². The van der Waals surface area contributed by atoms with E-state index in [4.69, 9.17) is 0 Å². The van der Waals surface area contributed by atoms with Gasteiger partial charge >= 0.3 is 0 Å². The highest BCUT2D eigenvalue weighted by Crippen LogP contribution is 2.30. The molecular weight excluding hydrogens is 360 g/mol. The lowest BCUT2D eigenvalue weighted by Gasteiger charge is -2.35. The average molecular weight is 387 g/mol. The van der Waals surface area contributed by atoms with Gasteiger partial charge < -0.3 is 4.90 Å². The smallest absolute Gasteiger partial charge is 0.250 e. The predicted octanol–water partition coefficient (Wildman–Crippen LogP) is 3.44. The summed E-state index contributed by atoms with van der Waals surface area (Å²) in [4.78, 5) is 15.0. The highest BCUT2D eigenvalue weighted by molar-refractivity contribution is 7.92. The van der Waals surface area contributed by atoms with E-state index in [2.05, 4.69) is 0 Å². The van der Waals surface area contributed by atoms with Crippen molar-refractivity contribution < 1.29 is 13.2 Å². The van der Waals surface area contributed by atoms with Crippen molar-refractivity contribution in [2.24, 2.45) is 0 Å². The van der Waals surface area contributed by atoms with Crippen molar-refractivity contribution in [1.82, 2.24) is 0 Å². The Balaban J connectivity index is 1.99. The first kappa shape index (κ1) is 19.4. The van der Waals surface area contributed by atoms with E-state index in [9.17, 15) is 13.2 Å². The van der Waals surface area contributed by atoms with Gasteiger partial charge in [-0.15, -0.1) is 0 Å². The number of carbonyl (C=O) groups is 1. The second-order valence-electron chi connectivity index (χ2n) is 7.23. The van der Waals surface area contributed by atoms with Crippen molar-refractivity contribution in [3.05, 3.63) is 59.2 Å². The summed E-state index contributed by atoms with van der Waals surface area (Å²) in [7, 11) is -3.62. The molecule has 0 aliphatic carbocycles. The van der Waals surface area contributed by atoms with Gasteiger partial charge in [-0.1, -0.05) is 24.3 Å². The highest BCUT2D eigenvalue weighted by Gasteiger charge is 2.34. The van der Waals surface area contributed by atoms with E-state index in [1.54, 1.807) is 17.9 Å². The number of aryl methyl sites for hydroxylation is 3. The first-order chi connectivity index (χ1) is 12.7. The summed E-state index contributed by atoms with van der Waals surface area (Å²) in [6.45, 7) is 6.18. The van der Waals surface area contributed by atoms with Gasteiger partial charge in [0.1, 0.15) is 6.04 Å². The highest BCUT2D eigenvalue weighted by atomic mass is 32.2. The summed E-state index contributed by atoms with van der Waals surface area (Å²) >= 11 is 0. The molecule has 0 radical (unpaired) electrons. The summed E-state index contributed by atoms with van der Waals surface area (Å²) in [6.07, 6.45) is 2.95. The van der Waals surface area contributed by atoms with Gasteiger partial charge in [0.25, 0.3) is 5.91 Å². The van der Waals surface area contributed by atoms with Crippen molar-refractivity contribution in [2.75, 3.05) is 22.0 Å². The Morgan fingerprint density at radius 2 is 1.81 bits per heavy atom. The van der Waals surface area contributed by atoms with Crippen LogP contribution in [-0.4, -0.2) is 33.2 Å². The van der Waals surface area contributed by atoms with Gasteiger partial charge in [0, 0.05) is 12.2 Å². The number of para-hydroxylation sites is 1. The normalized spacial score (nSPS) is 15.2. The standard InChI is InChI=1S/C21H26N2O3S/c1-15-11-12-19(14-16(15)2)23(27(4,25)26)17(3)21(24)22-13-7-9-18-8-5-6-10-20(18)22/h5-6,8,10-12,14,17H,7,9,13H2,1-4H3. The third-order valence-corrected chi connectivity index (χ3v) is 6.43. The summed E-state index contributed by atoms with van der Waals surface area (Å²) in [5.41, 5.74) is 4.60. The van der Waals surface area contributed by atoms with Crippen molar-refractivity contribution in [3.63, 3.8) is 0 Å². The zero-order valence-corrected chi connectivity index (χ0v) is 17.1. The Hall–Kier alpha value is -2.34. The van der Waals surface area contributed by atoms with Crippen molar-refractivity contribution in [1.29, 1.82) is 0 Å². The third-order valence-electron chi connectivity index (χ3n) is 5.19. The lowest BCUT2D eigenvalue weighted by Crippen LogP contribution is -2.50. The molecule has 0 saturated heterocycles. The summed E-state index contributed by atoms with van der Waals surface area (Å²) in [5.74, 6) is -0.203. The number of hydrogen-bond acceptors (Lipinski definition) is 3. The van der Waals surface area contributed by atoms with Crippen LogP contribution < -0.4 is 9.21 Å². The van der Waals surface area contributed by atoms with Crippen LogP contribution in [0.25, 0.3) is 0 Å². The molecule has 2 aromatic rings. The van der Waals surface area contributed by atoms with Gasteiger partial charge in [0.2, 0.25) is 10.0 Å². The minimum absolute atomic E-state index is 0.203. The second kappa shape index (κ2) is 7.35. The molecule has 6 heteroatoms. The molecule has 0 aromatic heterocycles. The number of fused-ring (bicyclic) bond motifs is 1. The zero-order chi connectivity index (χ0) is 19.8. The van der Waals surface area contributed by atoms with E-state index in [0.717, 1.165) is 41.5 Å². The molecule has 0 fully saturated rings. The number of nitrogens with zero attached hydrogens (tertiary/aromatic N) is 2. The Kier molecular flexibility index (Phi) is 5.29. The van der Waals surface area contributed by atoms with E-state index in [0.29, 0.717) is 12.2 Å². The Morgan fingerprint density at radius 1 is 1.11 bits per heavy atom. The monoisotopic (exact) mass is 386 g/mol. The van der Waals surface area contributed by atoms with Crippen LogP contribution in [0.4, 0.5) is 11.4 Å². The maximum Gasteiger partial charge on any atom is 0.250 e. The zero-order valence-electron chi connectivity index (χ0n) is 16.3. The van der Waals surface area contributed by atoms with Gasteiger partial charge in [-0.2, -0.15) is 0 Å². The van der Waals surface area contributed by atoms with E-state index >= 15 is 0 Å². The number of benzene rings is 2. The number of amides is 1. The molecule has 27 heavy (non-hydrogen) atoms. The first-order valence-corrected chi connectivity index (χ1v) is 11.0. The Labute approximate surface area is 161 Å². The van der Waals surface area contributed by atoms with Gasteiger partial charge in [0.15, 0.2) is 0 Å². The van der Waals surface area contributed by atoms with Crippen LogP contribution in [0, 0.1) is 13.8 Å². The van der Waals surface area contributed by atoms with Crippen LogP contribution in [0.3, 0.4) is 0 Å². The number of hydrogen-bond donors (Lipinski definition) is 0. The molecule has 1 amide bonds. The molecule has 144 valence electrons. The summed E-state index contributed by atoms with van der Waals surface area (Å²) in [6, 6.07) is 12.5. The van der Waals surface area contributed by atoms with E-state index in [1.165, 1.54) is 4.31 Å². The molecule has 1 atom stereocenters. The molecule has 0 bridgehead atoms. The fourth-order valence-corrected chi connectivity index (χ4v) is 4.81. The predicted molar refractivity (Wildman–Crippen MR) is 110 cm³/mol. The maximum absolute atomic E-state index is 13.3. The first-order valence-electron chi connectivity index (χ1n) is 9.16. The molecule has 3 rings (SSSR count). The SMILES string of the molecule is Cc1ccc(N(C(C)C(=O)N2CCCc3ccccc32)S(C)(=O)=O)cc1C. The van der Waals surface area contributed by atoms with E-state index in [-0.39, 0.29) is 5.91 Å². The largest absolute Gasteiger partial charge is 0.310 e. The Morgan fingerprint density at radius 3 is 2.48 bits per heavy atom. The van der Waals surface area contributed by atoms with Gasteiger partial charge in [0.05, 0.1) is 11.9 Å². The van der Waals surface area contributed by atoms with E-state index < -0.39 is 16.1 Å². The lowest BCUT2D eigenvalue weighted by molar-refractivity contribution is -0.119. The van der Waals surface area contributed by atoms with Crippen molar-refractivity contribution in [3.8, 4) is 0 Å². The molecule has 5 nitrogen and oxygen atoms in total. The van der Waals surface area contributed by atoms with Crippen LogP contribution in [0.15, 0.2) is 42.5 Å². The average Bonchev–Trinajstić information content (AvgIpc) is 2.62.